The van der Waals surface area contributed by atoms with Crippen LogP contribution in [-0.4, -0.2) is 36.6 Å². The van der Waals surface area contributed by atoms with Gasteiger partial charge in [-0.2, -0.15) is 0 Å². The summed E-state index contributed by atoms with van der Waals surface area (Å²) in [4.78, 5) is 37.1. The van der Waals surface area contributed by atoms with Crippen LogP contribution in [-0.2, 0) is 11.2 Å². The first-order valence-electron chi connectivity index (χ1n) is 8.50. The minimum Gasteiger partial charge on any atom is -0.345 e. The molecule has 0 aromatic heterocycles. The molecular weight excluding hydrogens is 328 g/mol. The van der Waals surface area contributed by atoms with Crippen molar-refractivity contribution in [2.24, 2.45) is 0 Å². The number of amides is 2. The molecule has 0 saturated heterocycles. The van der Waals surface area contributed by atoms with Crippen LogP contribution in [0.15, 0.2) is 42.5 Å². The second kappa shape index (κ2) is 8.43. The minimum atomic E-state index is -0.109. The SMILES string of the molecule is CC(=O)c1ccc(C)c(NC(=O)CCc2ccc(C(=O)N(C)C)cc2)c1. The molecule has 5 heteroatoms. The average molecular weight is 352 g/mol. The van der Waals surface area contributed by atoms with E-state index in [0.717, 1.165) is 11.1 Å². The van der Waals surface area contributed by atoms with E-state index < -0.39 is 0 Å². The topological polar surface area (TPSA) is 66.5 Å². The van der Waals surface area contributed by atoms with Gasteiger partial charge in [0.2, 0.25) is 5.91 Å². The van der Waals surface area contributed by atoms with E-state index in [9.17, 15) is 14.4 Å². The Balaban J connectivity index is 1.96. The van der Waals surface area contributed by atoms with Crippen molar-refractivity contribution in [1.82, 2.24) is 4.90 Å². The molecule has 2 aromatic carbocycles. The van der Waals surface area contributed by atoms with Gasteiger partial charge in [-0.15, -0.1) is 0 Å². The molecule has 0 bridgehead atoms. The molecule has 1 N–H and O–H groups in total. The number of carbonyl (C=O) groups is 3. The van der Waals surface area contributed by atoms with Crippen LogP contribution in [0.4, 0.5) is 5.69 Å². The molecule has 5 nitrogen and oxygen atoms in total. The molecular formula is C21H24N2O3. The monoisotopic (exact) mass is 352 g/mol. The molecule has 2 rings (SSSR count). The smallest absolute Gasteiger partial charge is 0.253 e. The third-order valence-electron chi connectivity index (χ3n) is 4.17. The Bertz CT molecular complexity index is 824. The molecule has 0 aliphatic heterocycles. The largest absolute Gasteiger partial charge is 0.345 e. The van der Waals surface area contributed by atoms with Gasteiger partial charge in [-0.1, -0.05) is 24.3 Å². The van der Waals surface area contributed by atoms with Gasteiger partial charge in [-0.05, 0) is 49.6 Å². The van der Waals surface area contributed by atoms with Gasteiger partial charge in [0.15, 0.2) is 5.78 Å². The molecule has 2 aromatic rings. The second-order valence-corrected chi connectivity index (χ2v) is 6.53. The number of rotatable bonds is 6. The molecule has 0 atom stereocenters. The van der Waals surface area contributed by atoms with Crippen molar-refractivity contribution in [2.75, 3.05) is 19.4 Å². The Hall–Kier alpha value is -2.95. The fourth-order valence-corrected chi connectivity index (χ4v) is 2.52. The van der Waals surface area contributed by atoms with E-state index in [0.29, 0.717) is 29.7 Å². The zero-order chi connectivity index (χ0) is 19.3. The van der Waals surface area contributed by atoms with Crippen molar-refractivity contribution in [3.8, 4) is 0 Å². The summed E-state index contributed by atoms with van der Waals surface area (Å²) in [5.74, 6) is -0.190. The molecule has 0 fully saturated rings. The standard InChI is InChI=1S/C21H24N2O3/c1-14-5-9-18(15(2)24)13-19(14)22-20(25)12-8-16-6-10-17(11-7-16)21(26)23(3)4/h5-7,9-11,13H,8,12H2,1-4H3,(H,22,25). The van der Waals surface area contributed by atoms with Crippen LogP contribution in [0.25, 0.3) is 0 Å². The summed E-state index contributed by atoms with van der Waals surface area (Å²) < 4.78 is 0. The number of hydrogen-bond acceptors (Lipinski definition) is 3. The van der Waals surface area contributed by atoms with Crippen molar-refractivity contribution in [1.29, 1.82) is 0 Å². The highest BCUT2D eigenvalue weighted by atomic mass is 16.2. The van der Waals surface area contributed by atoms with E-state index in [-0.39, 0.29) is 17.6 Å². The molecule has 0 spiro atoms. The number of anilines is 1. The quantitative estimate of drug-likeness (QED) is 0.810. The lowest BCUT2D eigenvalue weighted by Crippen LogP contribution is -2.21. The maximum absolute atomic E-state index is 12.2. The summed E-state index contributed by atoms with van der Waals surface area (Å²) >= 11 is 0. The number of benzene rings is 2. The maximum atomic E-state index is 12.2. The maximum Gasteiger partial charge on any atom is 0.253 e. The first kappa shape index (κ1) is 19.4. The van der Waals surface area contributed by atoms with E-state index in [2.05, 4.69) is 5.32 Å². The zero-order valence-corrected chi connectivity index (χ0v) is 15.6. The van der Waals surface area contributed by atoms with Gasteiger partial charge >= 0.3 is 0 Å². The first-order valence-corrected chi connectivity index (χ1v) is 8.50. The van der Waals surface area contributed by atoms with Gasteiger partial charge in [0, 0.05) is 37.3 Å². The molecule has 2 amide bonds. The van der Waals surface area contributed by atoms with Crippen molar-refractivity contribution in [3.63, 3.8) is 0 Å². The van der Waals surface area contributed by atoms with Gasteiger partial charge in [0.25, 0.3) is 5.91 Å². The van der Waals surface area contributed by atoms with Gasteiger partial charge in [-0.3, -0.25) is 14.4 Å². The molecule has 0 aliphatic rings. The Kier molecular flexibility index (Phi) is 6.28. The molecule has 0 heterocycles. The summed E-state index contributed by atoms with van der Waals surface area (Å²) in [6, 6.07) is 12.6. The summed E-state index contributed by atoms with van der Waals surface area (Å²) in [7, 11) is 3.42. The van der Waals surface area contributed by atoms with E-state index in [4.69, 9.17) is 0 Å². The number of Topliss-reactive ketones (excluding diaryl/α,β-unsaturated/α-hetero) is 1. The summed E-state index contributed by atoms with van der Waals surface area (Å²) in [5.41, 5.74) is 3.76. The third kappa shape index (κ3) is 5.02. The van der Waals surface area contributed by atoms with E-state index >= 15 is 0 Å². The molecule has 26 heavy (non-hydrogen) atoms. The molecule has 0 radical (unpaired) electrons. The van der Waals surface area contributed by atoms with Crippen LogP contribution in [0, 0.1) is 6.92 Å². The van der Waals surface area contributed by atoms with Gasteiger partial charge in [0.1, 0.15) is 0 Å². The highest BCUT2D eigenvalue weighted by Gasteiger charge is 2.10. The van der Waals surface area contributed by atoms with Crippen LogP contribution < -0.4 is 5.32 Å². The highest BCUT2D eigenvalue weighted by molar-refractivity contribution is 5.97. The minimum absolute atomic E-state index is 0.0344. The van der Waals surface area contributed by atoms with Crippen LogP contribution in [0.1, 0.15) is 45.2 Å². The van der Waals surface area contributed by atoms with Crippen LogP contribution in [0.3, 0.4) is 0 Å². The summed E-state index contributed by atoms with van der Waals surface area (Å²) in [5, 5.41) is 2.87. The zero-order valence-electron chi connectivity index (χ0n) is 15.6. The van der Waals surface area contributed by atoms with Crippen molar-refractivity contribution < 1.29 is 14.4 Å². The lowest BCUT2D eigenvalue weighted by molar-refractivity contribution is -0.116. The van der Waals surface area contributed by atoms with Gasteiger partial charge < -0.3 is 10.2 Å². The van der Waals surface area contributed by atoms with Crippen LogP contribution in [0.5, 0.6) is 0 Å². The Morgan fingerprint density at radius 2 is 1.58 bits per heavy atom. The molecule has 0 saturated carbocycles. The van der Waals surface area contributed by atoms with Gasteiger partial charge in [0.05, 0.1) is 0 Å². The Labute approximate surface area is 154 Å². The van der Waals surface area contributed by atoms with Gasteiger partial charge in [-0.25, -0.2) is 0 Å². The fraction of sp³-hybridized carbons (Fsp3) is 0.286. The Morgan fingerprint density at radius 3 is 2.15 bits per heavy atom. The molecule has 0 aliphatic carbocycles. The summed E-state index contributed by atoms with van der Waals surface area (Å²) in [6.45, 7) is 3.39. The number of nitrogens with zero attached hydrogens (tertiary/aromatic N) is 1. The number of carbonyl (C=O) groups excluding carboxylic acids is 3. The highest BCUT2D eigenvalue weighted by Crippen LogP contribution is 2.18. The van der Waals surface area contributed by atoms with Crippen LogP contribution >= 0.6 is 0 Å². The predicted molar refractivity (Wildman–Crippen MR) is 103 cm³/mol. The fourth-order valence-electron chi connectivity index (χ4n) is 2.52. The Morgan fingerprint density at radius 1 is 0.962 bits per heavy atom. The number of nitrogens with one attached hydrogen (secondary N) is 1. The van der Waals surface area contributed by atoms with E-state index in [1.165, 1.54) is 11.8 Å². The normalized spacial score (nSPS) is 10.3. The van der Waals surface area contributed by atoms with Crippen molar-refractivity contribution in [2.45, 2.75) is 26.7 Å². The number of ketones is 1. The predicted octanol–water partition coefficient (Wildman–Crippen LogP) is 3.47. The molecule has 136 valence electrons. The van der Waals surface area contributed by atoms with E-state index in [1.807, 2.05) is 25.1 Å². The third-order valence-corrected chi connectivity index (χ3v) is 4.17. The summed E-state index contributed by atoms with van der Waals surface area (Å²) in [6.07, 6.45) is 0.901. The molecule has 0 unspecified atom stereocenters. The lowest BCUT2D eigenvalue weighted by Gasteiger charge is -2.11. The number of aryl methyl sites for hydroxylation is 2. The van der Waals surface area contributed by atoms with Crippen molar-refractivity contribution >= 4 is 23.3 Å². The second-order valence-electron chi connectivity index (χ2n) is 6.53. The van der Waals surface area contributed by atoms with Crippen molar-refractivity contribution in [3.05, 3.63) is 64.7 Å². The van der Waals surface area contributed by atoms with Crippen LogP contribution in [0.2, 0.25) is 0 Å². The number of hydrogen-bond donors (Lipinski definition) is 1. The van der Waals surface area contributed by atoms with E-state index in [1.54, 1.807) is 38.4 Å². The lowest BCUT2D eigenvalue weighted by atomic mass is 10.1. The first-order chi connectivity index (χ1) is 12.3. The average Bonchev–Trinajstić information content (AvgIpc) is 2.61.